The maximum absolute atomic E-state index is 4.49. The Kier molecular flexibility index (Phi) is 3.16. The Morgan fingerprint density at radius 3 is 2.38 bits per heavy atom. The van der Waals surface area contributed by atoms with Gasteiger partial charge in [0.2, 0.25) is 0 Å². The highest BCUT2D eigenvalue weighted by atomic mass is 14.7. The molecule has 0 aliphatic heterocycles. The zero-order chi connectivity index (χ0) is 11.4. The summed E-state index contributed by atoms with van der Waals surface area (Å²) >= 11 is 0. The molecule has 2 rings (SSSR count). The van der Waals surface area contributed by atoms with Crippen molar-refractivity contribution in [2.45, 2.75) is 13.8 Å². The number of benzene rings is 2. The number of nitrogens with zero attached hydrogens (tertiary/aromatic N) is 1. The fourth-order valence-corrected chi connectivity index (χ4v) is 1.63. The summed E-state index contributed by atoms with van der Waals surface area (Å²) in [4.78, 5) is 4.49. The van der Waals surface area contributed by atoms with Crippen molar-refractivity contribution in [3.05, 3.63) is 65.2 Å². The molecule has 0 saturated carbocycles. The maximum atomic E-state index is 4.49. The molecule has 0 atom stereocenters. The monoisotopic (exact) mass is 209 g/mol. The molecule has 16 heavy (non-hydrogen) atoms. The first kappa shape index (κ1) is 10.6. The van der Waals surface area contributed by atoms with Crippen LogP contribution in [0.2, 0.25) is 0 Å². The highest BCUT2D eigenvalue weighted by Gasteiger charge is 1.94. The van der Waals surface area contributed by atoms with Crippen LogP contribution in [-0.4, -0.2) is 6.21 Å². The first-order chi connectivity index (χ1) is 7.75. The van der Waals surface area contributed by atoms with Crippen LogP contribution in [0.4, 0.5) is 5.69 Å². The fourth-order valence-electron chi connectivity index (χ4n) is 1.63. The van der Waals surface area contributed by atoms with E-state index in [-0.39, 0.29) is 0 Å². The van der Waals surface area contributed by atoms with Gasteiger partial charge in [-0.3, -0.25) is 4.99 Å². The van der Waals surface area contributed by atoms with Gasteiger partial charge in [0.05, 0.1) is 5.69 Å². The van der Waals surface area contributed by atoms with Crippen molar-refractivity contribution >= 4 is 11.9 Å². The van der Waals surface area contributed by atoms with Crippen LogP contribution in [0.1, 0.15) is 16.7 Å². The van der Waals surface area contributed by atoms with E-state index in [0.717, 1.165) is 11.3 Å². The minimum atomic E-state index is 1.04. The van der Waals surface area contributed by atoms with E-state index >= 15 is 0 Å². The second-order valence-electron chi connectivity index (χ2n) is 3.96. The number of aliphatic imine (C=N–C) groups is 1. The fraction of sp³-hybridized carbons (Fsp3) is 0.133. The maximum Gasteiger partial charge on any atom is 0.0659 e. The molecule has 0 heterocycles. The van der Waals surface area contributed by atoms with Gasteiger partial charge in [-0.25, -0.2) is 0 Å². The average Bonchev–Trinajstić information content (AvgIpc) is 2.29. The largest absolute Gasteiger partial charge is 0.256 e. The molecule has 80 valence electrons. The predicted molar refractivity (Wildman–Crippen MR) is 69.6 cm³/mol. The molecule has 1 nitrogen and oxygen atoms in total. The summed E-state index contributed by atoms with van der Waals surface area (Å²) in [5.41, 5.74) is 4.65. The van der Waals surface area contributed by atoms with E-state index in [2.05, 4.69) is 37.0 Å². The molecule has 0 unspecified atom stereocenters. The van der Waals surface area contributed by atoms with Crippen molar-refractivity contribution in [1.29, 1.82) is 0 Å². The molecular weight excluding hydrogens is 194 g/mol. The molecule has 2 aromatic rings. The molecule has 0 amide bonds. The smallest absolute Gasteiger partial charge is 0.0659 e. The Morgan fingerprint density at radius 2 is 1.69 bits per heavy atom. The van der Waals surface area contributed by atoms with E-state index < -0.39 is 0 Å². The molecule has 0 radical (unpaired) electrons. The van der Waals surface area contributed by atoms with Gasteiger partial charge in [0.15, 0.2) is 0 Å². The molecule has 0 N–H and O–H groups in total. The van der Waals surface area contributed by atoms with Crippen LogP contribution in [0.5, 0.6) is 0 Å². The van der Waals surface area contributed by atoms with Crippen LogP contribution in [0.25, 0.3) is 0 Å². The van der Waals surface area contributed by atoms with Gasteiger partial charge in [-0.05, 0) is 31.0 Å². The van der Waals surface area contributed by atoms with E-state index in [1.807, 2.05) is 36.5 Å². The van der Waals surface area contributed by atoms with Crippen LogP contribution >= 0.6 is 0 Å². The standard InChI is InChI=1S/C15H15N/c1-12-8-9-15(13(2)10-12)16-11-14-6-4-3-5-7-14/h3-11H,1-2H3. The lowest BCUT2D eigenvalue weighted by molar-refractivity contribution is 1.35. The lowest BCUT2D eigenvalue weighted by atomic mass is 10.1. The summed E-state index contributed by atoms with van der Waals surface area (Å²) in [5, 5.41) is 0. The Bertz CT molecular complexity index is 498. The van der Waals surface area contributed by atoms with Crippen LogP contribution < -0.4 is 0 Å². The van der Waals surface area contributed by atoms with E-state index in [1.54, 1.807) is 0 Å². The molecule has 0 aliphatic rings. The minimum Gasteiger partial charge on any atom is -0.256 e. The summed E-state index contributed by atoms with van der Waals surface area (Å²) in [6.07, 6.45) is 1.90. The molecule has 0 aromatic heterocycles. The van der Waals surface area contributed by atoms with Gasteiger partial charge in [0.25, 0.3) is 0 Å². The van der Waals surface area contributed by atoms with Crippen molar-refractivity contribution in [3.8, 4) is 0 Å². The molecule has 0 bridgehead atoms. The Morgan fingerprint density at radius 1 is 0.938 bits per heavy atom. The third-order valence-electron chi connectivity index (χ3n) is 2.50. The van der Waals surface area contributed by atoms with Crippen molar-refractivity contribution in [3.63, 3.8) is 0 Å². The zero-order valence-corrected chi connectivity index (χ0v) is 9.64. The van der Waals surface area contributed by atoms with E-state index in [9.17, 15) is 0 Å². The second-order valence-corrected chi connectivity index (χ2v) is 3.96. The first-order valence-electron chi connectivity index (χ1n) is 5.42. The van der Waals surface area contributed by atoms with Crippen LogP contribution in [0, 0.1) is 13.8 Å². The van der Waals surface area contributed by atoms with Gasteiger partial charge in [0, 0.05) is 6.21 Å². The first-order valence-corrected chi connectivity index (χ1v) is 5.42. The van der Waals surface area contributed by atoms with Crippen molar-refractivity contribution in [1.82, 2.24) is 0 Å². The van der Waals surface area contributed by atoms with Gasteiger partial charge in [-0.15, -0.1) is 0 Å². The third-order valence-corrected chi connectivity index (χ3v) is 2.50. The molecule has 0 aliphatic carbocycles. The lowest BCUT2D eigenvalue weighted by Crippen LogP contribution is -1.81. The van der Waals surface area contributed by atoms with Crippen LogP contribution in [0.3, 0.4) is 0 Å². The predicted octanol–water partition coefficient (Wildman–Crippen LogP) is 4.05. The molecule has 1 heteroatoms. The molecule has 0 spiro atoms. The average molecular weight is 209 g/mol. The van der Waals surface area contributed by atoms with Crippen LogP contribution in [-0.2, 0) is 0 Å². The quantitative estimate of drug-likeness (QED) is 0.661. The third kappa shape index (κ3) is 2.57. The van der Waals surface area contributed by atoms with E-state index in [0.29, 0.717) is 0 Å². The Balaban J connectivity index is 2.24. The van der Waals surface area contributed by atoms with Crippen molar-refractivity contribution in [2.24, 2.45) is 4.99 Å². The summed E-state index contributed by atoms with van der Waals surface area (Å²) < 4.78 is 0. The SMILES string of the molecule is Cc1ccc(N=Cc2ccccc2)c(C)c1. The van der Waals surface area contributed by atoms with Crippen molar-refractivity contribution < 1.29 is 0 Å². The second kappa shape index (κ2) is 4.75. The lowest BCUT2D eigenvalue weighted by Gasteiger charge is -2.00. The van der Waals surface area contributed by atoms with Crippen molar-refractivity contribution in [2.75, 3.05) is 0 Å². The molecule has 2 aromatic carbocycles. The van der Waals surface area contributed by atoms with Gasteiger partial charge < -0.3 is 0 Å². The van der Waals surface area contributed by atoms with E-state index in [4.69, 9.17) is 0 Å². The summed E-state index contributed by atoms with van der Waals surface area (Å²) in [6, 6.07) is 16.4. The highest BCUT2D eigenvalue weighted by molar-refractivity contribution is 5.82. The topological polar surface area (TPSA) is 12.4 Å². The van der Waals surface area contributed by atoms with Gasteiger partial charge in [-0.2, -0.15) is 0 Å². The number of hydrogen-bond acceptors (Lipinski definition) is 1. The van der Waals surface area contributed by atoms with E-state index in [1.165, 1.54) is 11.1 Å². The number of hydrogen-bond donors (Lipinski definition) is 0. The Labute approximate surface area is 96.5 Å². The van der Waals surface area contributed by atoms with Gasteiger partial charge >= 0.3 is 0 Å². The normalized spacial score (nSPS) is 10.9. The molecule has 0 fully saturated rings. The summed E-state index contributed by atoms with van der Waals surface area (Å²) in [5.74, 6) is 0. The molecule has 0 saturated heterocycles. The summed E-state index contributed by atoms with van der Waals surface area (Å²) in [6.45, 7) is 4.18. The number of aryl methyl sites for hydroxylation is 2. The Hall–Kier alpha value is -1.89. The zero-order valence-electron chi connectivity index (χ0n) is 9.64. The summed E-state index contributed by atoms with van der Waals surface area (Å²) in [7, 11) is 0. The van der Waals surface area contributed by atoms with Gasteiger partial charge in [-0.1, -0.05) is 48.0 Å². The van der Waals surface area contributed by atoms with Crippen LogP contribution in [0.15, 0.2) is 53.5 Å². The van der Waals surface area contributed by atoms with Gasteiger partial charge in [0.1, 0.15) is 0 Å². The number of rotatable bonds is 2. The molecular formula is C15H15N. The highest BCUT2D eigenvalue weighted by Crippen LogP contribution is 2.19. The minimum absolute atomic E-state index is 1.04.